The van der Waals surface area contributed by atoms with Crippen LogP contribution in [0.1, 0.15) is 19.4 Å². The molecule has 8 heteroatoms. The molecule has 0 radical (unpaired) electrons. The molecule has 130 valence electrons. The number of benzene rings is 1. The molecule has 1 aromatic rings. The maximum atomic E-state index is 7.50. The van der Waals surface area contributed by atoms with Crippen LogP contribution in [0.15, 0.2) is 36.1 Å². The second kappa shape index (κ2) is 30.6. The summed E-state index contributed by atoms with van der Waals surface area (Å²) in [6.07, 6.45) is 0. The number of nitrogens with zero attached hydrogens (tertiary/aromatic N) is 1. The summed E-state index contributed by atoms with van der Waals surface area (Å²) in [4.78, 5) is 0. The molecule has 6 nitrogen and oxygen atoms in total. The summed E-state index contributed by atoms with van der Waals surface area (Å²) >= 11 is 0. The average Bonchev–Trinajstić information content (AvgIpc) is 3.52. The fraction of sp³-hybridized carbons (Fsp3) is 0.235. The first kappa shape index (κ1) is 35.0. The number of hydrogen-bond acceptors (Lipinski definition) is 1. The molecule has 0 unspecified atom stereocenters. The number of rotatable bonds is 4. The number of hydrogen-bond donors (Lipinski definition) is 0. The molecule has 0 aromatic heterocycles. The van der Waals surface area contributed by atoms with Crippen molar-refractivity contribution in [3.05, 3.63) is 75.0 Å². The minimum atomic E-state index is -0.0288. The van der Waals surface area contributed by atoms with Crippen LogP contribution in [0.25, 0.3) is 5.31 Å². The van der Waals surface area contributed by atoms with E-state index in [0.29, 0.717) is 0 Å². The second-order valence-corrected chi connectivity index (χ2v) is 5.36. The van der Waals surface area contributed by atoms with Gasteiger partial charge in [0.2, 0.25) is 0 Å². The van der Waals surface area contributed by atoms with Crippen LogP contribution >= 0.6 is 8.07 Å². The van der Waals surface area contributed by atoms with Gasteiger partial charge in [0, 0.05) is 34.5 Å². The van der Waals surface area contributed by atoms with E-state index in [9.17, 15) is 0 Å². The van der Waals surface area contributed by atoms with E-state index < -0.39 is 0 Å². The van der Waals surface area contributed by atoms with Crippen molar-refractivity contribution in [2.45, 2.75) is 13.8 Å². The molecule has 1 atom stereocenters. The molecule has 2 rings (SSSR count). The molecule has 0 fully saturated rings. The fourth-order valence-corrected chi connectivity index (χ4v) is 3.63. The topological polar surface area (TPSA) is 103 Å². The maximum Gasteiger partial charge on any atom is 0 e. The van der Waals surface area contributed by atoms with Gasteiger partial charge in [-0.3, -0.25) is 4.67 Å². The summed E-state index contributed by atoms with van der Waals surface area (Å²) in [6, 6.07) is 10.7. The van der Waals surface area contributed by atoms with Gasteiger partial charge in [-0.15, -0.1) is 0 Å². The molecule has 0 saturated heterocycles. The summed E-state index contributed by atoms with van der Waals surface area (Å²) in [6.45, 7) is 29.3. The summed E-state index contributed by atoms with van der Waals surface area (Å²) in [7, 11) is -0.0288. The van der Waals surface area contributed by atoms with Crippen LogP contribution in [-0.4, -0.2) is 17.8 Å². The van der Waals surface area contributed by atoms with Gasteiger partial charge in [-0.1, -0.05) is 44.2 Å². The molecule has 0 bridgehead atoms. The van der Waals surface area contributed by atoms with E-state index in [1.54, 1.807) is 5.31 Å². The normalized spacial score (nSPS) is 11.4. The van der Waals surface area contributed by atoms with Gasteiger partial charge in [0.15, 0.2) is 0 Å². The molecular formula is C17H16NO5PW. The van der Waals surface area contributed by atoms with E-state index in [2.05, 4.69) is 87.9 Å². The van der Waals surface area contributed by atoms with Gasteiger partial charge in [0.1, 0.15) is 0 Å². The van der Waals surface area contributed by atoms with E-state index in [4.69, 9.17) is 23.3 Å². The minimum Gasteiger partial charge on any atom is 0 e. The van der Waals surface area contributed by atoms with E-state index in [1.807, 2.05) is 0 Å². The van der Waals surface area contributed by atoms with Crippen LogP contribution in [0.5, 0.6) is 0 Å². The molecule has 1 heterocycles. The largest absolute Gasteiger partial charge is 0 e. The van der Waals surface area contributed by atoms with Crippen molar-refractivity contribution in [3.63, 3.8) is 0 Å². The predicted molar refractivity (Wildman–Crippen MR) is 83.9 cm³/mol. The van der Waals surface area contributed by atoms with Gasteiger partial charge >= 0.3 is 56.5 Å². The predicted octanol–water partition coefficient (Wildman–Crippen LogP) is 3.55. The van der Waals surface area contributed by atoms with Gasteiger partial charge in [0.05, 0.1) is 0 Å². The van der Waals surface area contributed by atoms with Gasteiger partial charge < -0.3 is 0 Å². The zero-order valence-electron chi connectivity index (χ0n) is 13.7. The van der Waals surface area contributed by atoms with Crippen molar-refractivity contribution < 1.29 is 44.3 Å². The molecule has 1 aliphatic rings. The molecule has 0 aliphatic carbocycles. The van der Waals surface area contributed by atoms with E-state index in [0.717, 1.165) is 13.1 Å². The second-order valence-electron chi connectivity index (χ2n) is 3.36. The molecule has 0 N–H and O–H groups in total. The van der Waals surface area contributed by atoms with Crippen molar-refractivity contribution in [1.82, 2.24) is 4.67 Å². The summed E-state index contributed by atoms with van der Waals surface area (Å²) in [5.41, 5.74) is 1.41. The summed E-state index contributed by atoms with van der Waals surface area (Å²) < 4.78 is 40.0. The van der Waals surface area contributed by atoms with Crippen LogP contribution in [0.3, 0.4) is 0 Å². The van der Waals surface area contributed by atoms with Crippen LogP contribution in [0.2, 0.25) is 0 Å². The monoisotopic (exact) mass is 529 g/mol. The quantitative estimate of drug-likeness (QED) is 0.333. The summed E-state index contributed by atoms with van der Waals surface area (Å²) in [5, 5.41) is 1.56. The van der Waals surface area contributed by atoms with Gasteiger partial charge in [-0.05, 0) is 24.5 Å². The molecule has 0 saturated carbocycles. The molecule has 0 amide bonds. The van der Waals surface area contributed by atoms with Crippen molar-refractivity contribution in [3.8, 4) is 0 Å². The van der Waals surface area contributed by atoms with Crippen LogP contribution < -0.4 is 0 Å². The Morgan fingerprint density at radius 2 is 1.12 bits per heavy atom. The third-order valence-corrected chi connectivity index (χ3v) is 4.81. The molecule has 1 aromatic carbocycles. The van der Waals surface area contributed by atoms with Crippen molar-refractivity contribution in [2.75, 3.05) is 13.1 Å². The average molecular weight is 529 g/mol. The zero-order valence-corrected chi connectivity index (χ0v) is 17.6. The Balaban J connectivity index is -0.000000105. The SMILES string of the molecule is CCN(CC)[P@@]1C=C1c1ccccc1.[C-]#[O+].[C-]#[O+].[C-]#[O+].[C-]#[O+].[C-]#[O+].[W]. The Hall–Kier alpha value is -1.26. The Morgan fingerprint density at radius 3 is 1.44 bits per heavy atom. The van der Waals surface area contributed by atoms with Gasteiger partial charge in [-0.2, -0.15) is 0 Å². The van der Waals surface area contributed by atoms with Crippen LogP contribution in [-0.2, 0) is 44.3 Å². The van der Waals surface area contributed by atoms with Crippen LogP contribution in [0, 0.1) is 33.3 Å². The molecule has 1 aliphatic heterocycles. The standard InChI is InChI=1S/C12H16NP.5CO.W/c1-3-13(4-2)14-10-12(14)11-8-6-5-7-9-11;5*1-2;/h5-10H,3-4H2,1-2H3;;;;;;/t14-;;;;;;/m0....../s1. The van der Waals surface area contributed by atoms with Gasteiger partial charge in [-0.25, -0.2) is 0 Å². The zero-order chi connectivity index (χ0) is 20.0. The third kappa shape index (κ3) is 16.0. The third-order valence-electron chi connectivity index (χ3n) is 2.53. The molecular weight excluding hydrogens is 513 g/mol. The van der Waals surface area contributed by atoms with Crippen molar-refractivity contribution in [1.29, 1.82) is 0 Å². The van der Waals surface area contributed by atoms with E-state index in [-0.39, 0.29) is 29.1 Å². The van der Waals surface area contributed by atoms with Crippen molar-refractivity contribution >= 4 is 13.4 Å². The van der Waals surface area contributed by atoms with E-state index in [1.165, 1.54) is 5.56 Å². The molecule has 0 spiro atoms. The Bertz CT molecular complexity index is 499. The van der Waals surface area contributed by atoms with Crippen LogP contribution in [0.4, 0.5) is 0 Å². The molecule has 25 heavy (non-hydrogen) atoms. The van der Waals surface area contributed by atoms with Gasteiger partial charge in [0.25, 0.3) is 0 Å². The Morgan fingerprint density at radius 1 is 0.760 bits per heavy atom. The first-order valence-electron chi connectivity index (χ1n) is 6.20. The summed E-state index contributed by atoms with van der Waals surface area (Å²) in [5.74, 6) is 2.41. The van der Waals surface area contributed by atoms with Crippen molar-refractivity contribution in [2.24, 2.45) is 0 Å². The smallest absolute Gasteiger partial charge is 0 e. The first-order valence-corrected chi connectivity index (χ1v) is 7.56. The Labute approximate surface area is 164 Å². The van der Waals surface area contributed by atoms with E-state index >= 15 is 0 Å². The first-order chi connectivity index (χ1) is 11.9. The Kier molecular flexibility index (Phi) is 42.8. The fourth-order valence-electron chi connectivity index (χ4n) is 1.67. The maximum absolute atomic E-state index is 7.50. The minimum absolute atomic E-state index is 0.